The van der Waals surface area contributed by atoms with Gasteiger partial charge < -0.3 is 15.7 Å². The summed E-state index contributed by atoms with van der Waals surface area (Å²) in [6.45, 7) is 0. The topological polar surface area (TPSA) is 138 Å². The second-order valence-corrected chi connectivity index (χ2v) is 12.8. The standard InChI is InChI=1S/C32H25F3N6O4S/c33-32(34,35)46(44,45)40-22-7-3-6-20(18-22)26-27(19-11-13-21(14-12-19)31(15-5-16-31)39-30(42)43)41-25-10-4-17-36-28(25)37-24-9-2-1-8-23(24)29(41)38-26/h1-4,6-14,17-18,39-40H,5,15-16H2,(H,36,37)(H,42,43). The predicted molar refractivity (Wildman–Crippen MR) is 166 cm³/mol. The van der Waals surface area contributed by atoms with E-state index in [-0.39, 0.29) is 5.69 Å². The molecule has 3 aromatic carbocycles. The number of fused-ring (bicyclic) bond motifs is 5. The number of rotatable bonds is 6. The van der Waals surface area contributed by atoms with E-state index in [4.69, 9.17) is 4.98 Å². The minimum Gasteiger partial charge on any atom is -0.465 e. The first kappa shape index (κ1) is 29.3. The van der Waals surface area contributed by atoms with Crippen molar-refractivity contribution in [2.45, 2.75) is 30.3 Å². The van der Waals surface area contributed by atoms with Crippen molar-refractivity contribution in [3.8, 4) is 39.6 Å². The SMILES string of the molecule is O=C(O)NC1(c2ccc(-c3c(-c4cccc(NS(=O)(=O)C(F)(F)F)c4)nc4n3-c3cccnc3Nc3ccccc3-4)cc2)CCC1. The highest BCUT2D eigenvalue weighted by Crippen LogP contribution is 2.46. The van der Waals surface area contributed by atoms with Gasteiger partial charge in [-0.05, 0) is 61.2 Å². The molecule has 0 unspecified atom stereocenters. The fourth-order valence-corrected chi connectivity index (χ4v) is 6.56. The number of pyridine rings is 1. The summed E-state index contributed by atoms with van der Waals surface area (Å²) in [4.78, 5) is 21.2. The van der Waals surface area contributed by atoms with Crippen molar-refractivity contribution in [1.29, 1.82) is 0 Å². The first-order valence-corrected chi connectivity index (χ1v) is 15.7. The molecular weight excluding hydrogens is 621 g/mol. The van der Waals surface area contributed by atoms with Crippen LogP contribution in [0.5, 0.6) is 0 Å². The molecule has 1 fully saturated rings. The van der Waals surface area contributed by atoms with Crippen molar-refractivity contribution < 1.29 is 31.5 Å². The van der Waals surface area contributed by atoms with Crippen molar-refractivity contribution in [3.63, 3.8) is 0 Å². The molecule has 0 radical (unpaired) electrons. The van der Waals surface area contributed by atoms with Gasteiger partial charge in [0.15, 0.2) is 5.82 Å². The highest BCUT2D eigenvalue weighted by Gasteiger charge is 2.46. The quantitative estimate of drug-likeness (QED) is 0.150. The number of hydrogen-bond acceptors (Lipinski definition) is 6. The first-order chi connectivity index (χ1) is 22.0. The zero-order valence-corrected chi connectivity index (χ0v) is 24.7. The third kappa shape index (κ3) is 4.90. The van der Waals surface area contributed by atoms with Crippen LogP contribution in [-0.4, -0.2) is 39.7 Å². The molecule has 14 heteroatoms. The van der Waals surface area contributed by atoms with E-state index >= 15 is 0 Å². The number of amides is 1. The molecule has 0 atom stereocenters. The molecule has 1 aliphatic heterocycles. The number of halogens is 3. The van der Waals surface area contributed by atoms with E-state index in [1.807, 2.05) is 59.2 Å². The molecule has 1 aliphatic carbocycles. The molecule has 0 bridgehead atoms. The summed E-state index contributed by atoms with van der Waals surface area (Å²) in [6.07, 6.45) is 2.74. The third-order valence-corrected chi connectivity index (χ3v) is 9.40. The Balaban J connectivity index is 1.45. The maximum atomic E-state index is 13.2. The van der Waals surface area contributed by atoms with E-state index in [0.29, 0.717) is 52.7 Å². The van der Waals surface area contributed by atoms with Gasteiger partial charge in [-0.15, -0.1) is 0 Å². The molecular formula is C32H25F3N6O4S. The highest BCUT2D eigenvalue weighted by molar-refractivity contribution is 7.93. The fourth-order valence-electron chi connectivity index (χ4n) is 6.00. The van der Waals surface area contributed by atoms with Crippen LogP contribution in [0, 0.1) is 0 Å². The molecule has 46 heavy (non-hydrogen) atoms. The van der Waals surface area contributed by atoms with Gasteiger partial charge in [0.2, 0.25) is 0 Å². The molecule has 2 aromatic heterocycles. The fraction of sp³-hybridized carbons (Fsp3) is 0.156. The average molecular weight is 647 g/mol. The first-order valence-electron chi connectivity index (χ1n) is 14.2. The smallest absolute Gasteiger partial charge is 0.465 e. The minimum atomic E-state index is -5.66. The molecule has 234 valence electrons. The summed E-state index contributed by atoms with van der Waals surface area (Å²) in [6, 6.07) is 24.2. The van der Waals surface area contributed by atoms with Gasteiger partial charge in [-0.3, -0.25) is 9.29 Å². The number of carbonyl (C=O) groups is 1. The van der Waals surface area contributed by atoms with Crippen LogP contribution in [0.3, 0.4) is 0 Å². The van der Waals surface area contributed by atoms with E-state index in [9.17, 15) is 31.5 Å². The molecule has 0 saturated heterocycles. The van der Waals surface area contributed by atoms with Gasteiger partial charge in [-0.1, -0.05) is 48.5 Å². The molecule has 4 N–H and O–H groups in total. The van der Waals surface area contributed by atoms with Crippen LogP contribution < -0.4 is 15.4 Å². The largest absolute Gasteiger partial charge is 0.516 e. The lowest BCUT2D eigenvalue weighted by Gasteiger charge is -2.42. The Morgan fingerprint density at radius 2 is 1.72 bits per heavy atom. The number of carboxylic acid groups (broad SMARTS) is 1. The van der Waals surface area contributed by atoms with E-state index in [2.05, 4.69) is 15.6 Å². The van der Waals surface area contributed by atoms with Crippen molar-refractivity contribution >= 4 is 33.3 Å². The zero-order valence-electron chi connectivity index (χ0n) is 23.8. The van der Waals surface area contributed by atoms with Gasteiger partial charge in [0.25, 0.3) is 0 Å². The van der Waals surface area contributed by atoms with E-state index in [0.717, 1.165) is 23.2 Å². The van der Waals surface area contributed by atoms with Crippen LogP contribution in [0.15, 0.2) is 91.1 Å². The van der Waals surface area contributed by atoms with E-state index in [1.54, 1.807) is 23.1 Å². The molecule has 2 aliphatic rings. The van der Waals surface area contributed by atoms with Crippen LogP contribution >= 0.6 is 0 Å². The number of benzene rings is 3. The van der Waals surface area contributed by atoms with Crippen LogP contribution in [0.2, 0.25) is 0 Å². The number of imidazole rings is 1. The maximum Gasteiger partial charge on any atom is 0.516 e. The molecule has 1 amide bonds. The number of aromatic nitrogens is 3. The summed E-state index contributed by atoms with van der Waals surface area (Å²) in [5, 5.41) is 15.5. The number of hydrogen-bond donors (Lipinski definition) is 4. The Kier molecular flexibility index (Phi) is 6.77. The van der Waals surface area contributed by atoms with E-state index < -0.39 is 27.2 Å². The average Bonchev–Trinajstić information content (AvgIpc) is 3.33. The normalized spacial score (nSPS) is 14.8. The number of nitrogens with zero attached hydrogens (tertiary/aromatic N) is 3. The van der Waals surface area contributed by atoms with Crippen molar-refractivity contribution in [2.75, 3.05) is 10.0 Å². The number of nitrogens with one attached hydrogen (secondary N) is 3. The van der Waals surface area contributed by atoms with Gasteiger partial charge in [0.1, 0.15) is 5.82 Å². The molecule has 5 aromatic rings. The van der Waals surface area contributed by atoms with Crippen LogP contribution in [0.25, 0.3) is 39.6 Å². The number of sulfonamides is 1. The number of anilines is 3. The van der Waals surface area contributed by atoms with Crippen LogP contribution in [-0.2, 0) is 15.6 Å². The minimum absolute atomic E-state index is 0.282. The third-order valence-electron chi connectivity index (χ3n) is 8.28. The number of alkyl halides is 3. The Labute approximate surface area is 261 Å². The number of para-hydroxylation sites is 1. The van der Waals surface area contributed by atoms with Crippen LogP contribution in [0.1, 0.15) is 24.8 Å². The maximum absolute atomic E-state index is 13.2. The lowest BCUT2D eigenvalue weighted by Crippen LogP contribution is -2.50. The van der Waals surface area contributed by atoms with Gasteiger partial charge in [0, 0.05) is 28.6 Å². The Bertz CT molecular complexity index is 2110. The van der Waals surface area contributed by atoms with Gasteiger partial charge in [-0.2, -0.15) is 21.6 Å². The lowest BCUT2D eigenvalue weighted by atomic mass is 9.71. The predicted octanol–water partition coefficient (Wildman–Crippen LogP) is 7.23. The van der Waals surface area contributed by atoms with Gasteiger partial charge >= 0.3 is 21.6 Å². The van der Waals surface area contributed by atoms with Crippen molar-refractivity contribution in [2.24, 2.45) is 0 Å². The van der Waals surface area contributed by atoms with Gasteiger partial charge in [0.05, 0.1) is 28.3 Å². The molecule has 10 nitrogen and oxygen atoms in total. The molecule has 1 saturated carbocycles. The Hall–Kier alpha value is -5.37. The summed E-state index contributed by atoms with van der Waals surface area (Å²) < 4.78 is 67.0. The van der Waals surface area contributed by atoms with E-state index in [1.165, 1.54) is 18.2 Å². The monoisotopic (exact) mass is 646 g/mol. The Morgan fingerprint density at radius 3 is 2.41 bits per heavy atom. The molecule has 0 spiro atoms. The summed E-state index contributed by atoms with van der Waals surface area (Å²) in [5.41, 5.74) is -1.55. The Morgan fingerprint density at radius 1 is 0.957 bits per heavy atom. The lowest BCUT2D eigenvalue weighted by molar-refractivity contribution is -0.0429. The summed E-state index contributed by atoms with van der Waals surface area (Å²) in [5.74, 6) is 1.06. The van der Waals surface area contributed by atoms with Crippen molar-refractivity contribution in [1.82, 2.24) is 19.9 Å². The van der Waals surface area contributed by atoms with Crippen LogP contribution in [0.4, 0.5) is 35.2 Å². The second-order valence-electron chi connectivity index (χ2n) is 11.1. The van der Waals surface area contributed by atoms with Crippen molar-refractivity contribution in [3.05, 3.63) is 96.7 Å². The highest BCUT2D eigenvalue weighted by atomic mass is 32.2. The zero-order chi connectivity index (χ0) is 32.3. The molecule has 3 heterocycles. The van der Waals surface area contributed by atoms with Gasteiger partial charge in [-0.25, -0.2) is 14.8 Å². The molecule has 7 rings (SSSR count). The summed E-state index contributed by atoms with van der Waals surface area (Å²) in [7, 11) is -5.66. The summed E-state index contributed by atoms with van der Waals surface area (Å²) >= 11 is 0. The second kappa shape index (κ2) is 10.6.